The van der Waals surface area contributed by atoms with Crippen molar-refractivity contribution in [3.05, 3.63) is 0 Å². The highest BCUT2D eigenvalue weighted by Crippen LogP contribution is 2.18. The normalized spacial score (nSPS) is 16.0. The fourth-order valence-electron chi connectivity index (χ4n) is 1.52. The second kappa shape index (κ2) is 7.56. The molecule has 0 saturated heterocycles. The van der Waals surface area contributed by atoms with Crippen LogP contribution in [0.25, 0.3) is 0 Å². The van der Waals surface area contributed by atoms with Gasteiger partial charge in [0.25, 0.3) is 0 Å². The Hall–Kier alpha value is -0.0800. The van der Waals surface area contributed by atoms with Gasteiger partial charge in [0.05, 0.1) is 6.10 Å². The van der Waals surface area contributed by atoms with Crippen LogP contribution in [0.4, 0.5) is 0 Å². The van der Waals surface area contributed by atoms with Crippen molar-refractivity contribution in [2.45, 2.75) is 52.1 Å². The van der Waals surface area contributed by atoms with Gasteiger partial charge >= 0.3 is 0 Å². The summed E-state index contributed by atoms with van der Waals surface area (Å²) in [5, 5.41) is 18.2. The predicted molar refractivity (Wildman–Crippen MR) is 51.0 cm³/mol. The minimum Gasteiger partial charge on any atom is -0.396 e. The van der Waals surface area contributed by atoms with Gasteiger partial charge in [-0.25, -0.2) is 0 Å². The first-order chi connectivity index (χ1) is 5.74. The van der Waals surface area contributed by atoms with Crippen LogP contribution in [-0.2, 0) is 0 Å². The van der Waals surface area contributed by atoms with Gasteiger partial charge in [-0.3, -0.25) is 0 Å². The van der Waals surface area contributed by atoms with Crippen LogP contribution >= 0.6 is 0 Å². The molecule has 2 nitrogen and oxygen atoms in total. The average Bonchev–Trinajstić information content (AvgIpc) is 2.05. The molecule has 74 valence electrons. The summed E-state index contributed by atoms with van der Waals surface area (Å²) in [7, 11) is 0. The zero-order valence-corrected chi connectivity index (χ0v) is 8.29. The first-order valence-corrected chi connectivity index (χ1v) is 5.03. The number of hydrogen-bond acceptors (Lipinski definition) is 2. The van der Waals surface area contributed by atoms with Crippen LogP contribution in [0.1, 0.15) is 46.0 Å². The maximum absolute atomic E-state index is 9.40. The number of aliphatic hydroxyl groups excluding tert-OH is 2. The lowest BCUT2D eigenvalue weighted by Gasteiger charge is -2.17. The summed E-state index contributed by atoms with van der Waals surface area (Å²) < 4.78 is 0. The molecule has 2 atom stereocenters. The molecule has 2 heteroatoms. The van der Waals surface area contributed by atoms with Crippen molar-refractivity contribution < 1.29 is 10.2 Å². The van der Waals surface area contributed by atoms with Gasteiger partial charge in [-0.1, -0.05) is 26.7 Å². The first-order valence-electron chi connectivity index (χ1n) is 5.03. The fourth-order valence-corrected chi connectivity index (χ4v) is 1.52. The molecule has 0 spiro atoms. The van der Waals surface area contributed by atoms with E-state index in [4.69, 9.17) is 5.11 Å². The summed E-state index contributed by atoms with van der Waals surface area (Å²) in [5.74, 6) is 0.509. The molecule has 0 aromatic heterocycles. The summed E-state index contributed by atoms with van der Waals surface area (Å²) in [6.07, 6.45) is 4.60. The van der Waals surface area contributed by atoms with E-state index in [0.717, 1.165) is 32.1 Å². The molecule has 2 unspecified atom stereocenters. The van der Waals surface area contributed by atoms with E-state index in [2.05, 4.69) is 6.92 Å². The standard InChI is InChI=1S/C10H22O2/c1-3-5-9(6-7-11)8-10(12)4-2/h9-12H,3-8H2,1-2H3. The van der Waals surface area contributed by atoms with Gasteiger partial charge in [0.15, 0.2) is 0 Å². The number of rotatable bonds is 7. The third-order valence-electron chi connectivity index (χ3n) is 2.31. The Kier molecular flexibility index (Phi) is 7.51. The summed E-state index contributed by atoms with van der Waals surface area (Å²) >= 11 is 0. The second-order valence-electron chi connectivity index (χ2n) is 3.46. The topological polar surface area (TPSA) is 40.5 Å². The minimum absolute atomic E-state index is 0.173. The molecule has 0 aromatic carbocycles. The van der Waals surface area contributed by atoms with E-state index in [-0.39, 0.29) is 12.7 Å². The van der Waals surface area contributed by atoms with Crippen molar-refractivity contribution >= 4 is 0 Å². The van der Waals surface area contributed by atoms with Crippen molar-refractivity contribution in [3.63, 3.8) is 0 Å². The molecule has 0 rings (SSSR count). The lowest BCUT2D eigenvalue weighted by Crippen LogP contribution is -2.13. The molecule has 0 aromatic rings. The Bertz CT molecular complexity index is 87.8. The smallest absolute Gasteiger partial charge is 0.0540 e. The monoisotopic (exact) mass is 174 g/mol. The zero-order chi connectivity index (χ0) is 9.40. The van der Waals surface area contributed by atoms with Crippen LogP contribution in [0.2, 0.25) is 0 Å². The molecule has 0 aliphatic carbocycles. The molecule has 0 amide bonds. The zero-order valence-electron chi connectivity index (χ0n) is 8.29. The first kappa shape index (κ1) is 11.9. The molecule has 0 radical (unpaired) electrons. The molecular weight excluding hydrogens is 152 g/mol. The highest BCUT2D eigenvalue weighted by molar-refractivity contribution is 4.63. The molecule has 2 N–H and O–H groups in total. The number of hydrogen-bond donors (Lipinski definition) is 2. The second-order valence-corrected chi connectivity index (χ2v) is 3.46. The van der Waals surface area contributed by atoms with E-state index in [1.54, 1.807) is 0 Å². The Morgan fingerprint density at radius 1 is 1.17 bits per heavy atom. The van der Waals surface area contributed by atoms with Gasteiger partial charge in [-0.2, -0.15) is 0 Å². The Morgan fingerprint density at radius 3 is 2.25 bits per heavy atom. The van der Waals surface area contributed by atoms with Crippen LogP contribution in [-0.4, -0.2) is 22.9 Å². The van der Waals surface area contributed by atoms with Gasteiger partial charge in [-0.05, 0) is 25.2 Å². The summed E-state index contributed by atoms with van der Waals surface area (Å²) in [6.45, 7) is 4.39. The average molecular weight is 174 g/mol. The van der Waals surface area contributed by atoms with Crippen molar-refractivity contribution in [3.8, 4) is 0 Å². The highest BCUT2D eigenvalue weighted by atomic mass is 16.3. The maximum Gasteiger partial charge on any atom is 0.0540 e. The molecule has 0 fully saturated rings. The maximum atomic E-state index is 9.40. The van der Waals surface area contributed by atoms with E-state index >= 15 is 0 Å². The SMILES string of the molecule is CCCC(CCO)CC(O)CC. The fraction of sp³-hybridized carbons (Fsp3) is 1.00. The third-order valence-corrected chi connectivity index (χ3v) is 2.31. The van der Waals surface area contributed by atoms with Crippen LogP contribution in [0, 0.1) is 5.92 Å². The van der Waals surface area contributed by atoms with Gasteiger partial charge < -0.3 is 10.2 Å². The Balaban J connectivity index is 3.61. The quantitative estimate of drug-likeness (QED) is 0.619. The largest absolute Gasteiger partial charge is 0.396 e. The van der Waals surface area contributed by atoms with E-state index in [1.807, 2.05) is 6.92 Å². The molecular formula is C10H22O2. The van der Waals surface area contributed by atoms with Crippen LogP contribution in [0.5, 0.6) is 0 Å². The van der Waals surface area contributed by atoms with E-state index in [0.29, 0.717) is 5.92 Å². The van der Waals surface area contributed by atoms with Crippen molar-refractivity contribution in [2.24, 2.45) is 5.92 Å². The minimum atomic E-state index is -0.173. The highest BCUT2D eigenvalue weighted by Gasteiger charge is 2.11. The number of aliphatic hydroxyl groups is 2. The third kappa shape index (κ3) is 5.56. The van der Waals surface area contributed by atoms with Gasteiger partial charge in [0.2, 0.25) is 0 Å². The molecule has 0 aliphatic rings. The Labute approximate surface area is 75.6 Å². The van der Waals surface area contributed by atoms with Crippen LogP contribution in [0.3, 0.4) is 0 Å². The summed E-state index contributed by atoms with van der Waals surface area (Å²) in [6, 6.07) is 0. The lowest BCUT2D eigenvalue weighted by atomic mass is 9.93. The van der Waals surface area contributed by atoms with Crippen molar-refractivity contribution in [2.75, 3.05) is 6.61 Å². The van der Waals surface area contributed by atoms with Gasteiger partial charge in [0.1, 0.15) is 0 Å². The van der Waals surface area contributed by atoms with E-state index < -0.39 is 0 Å². The van der Waals surface area contributed by atoms with Crippen molar-refractivity contribution in [1.29, 1.82) is 0 Å². The van der Waals surface area contributed by atoms with E-state index in [1.165, 1.54) is 0 Å². The molecule has 0 saturated carbocycles. The summed E-state index contributed by atoms with van der Waals surface area (Å²) in [4.78, 5) is 0. The molecule has 0 bridgehead atoms. The van der Waals surface area contributed by atoms with Crippen LogP contribution < -0.4 is 0 Å². The summed E-state index contributed by atoms with van der Waals surface area (Å²) in [5.41, 5.74) is 0. The molecule has 0 heterocycles. The van der Waals surface area contributed by atoms with Crippen LogP contribution in [0.15, 0.2) is 0 Å². The van der Waals surface area contributed by atoms with E-state index in [9.17, 15) is 5.11 Å². The van der Waals surface area contributed by atoms with Crippen molar-refractivity contribution in [1.82, 2.24) is 0 Å². The molecule has 0 aliphatic heterocycles. The van der Waals surface area contributed by atoms with Gasteiger partial charge in [-0.15, -0.1) is 0 Å². The lowest BCUT2D eigenvalue weighted by molar-refractivity contribution is 0.125. The molecule has 12 heavy (non-hydrogen) atoms. The Morgan fingerprint density at radius 2 is 1.83 bits per heavy atom. The predicted octanol–water partition coefficient (Wildman–Crippen LogP) is 1.95. The van der Waals surface area contributed by atoms with Gasteiger partial charge in [0, 0.05) is 6.61 Å².